The van der Waals surface area contributed by atoms with Crippen LogP contribution >= 0.6 is 0 Å². The summed E-state index contributed by atoms with van der Waals surface area (Å²) in [7, 11) is 0. The number of piperazine rings is 1. The number of fused-ring (bicyclic) bond motifs is 2. The van der Waals surface area contributed by atoms with Gasteiger partial charge < -0.3 is 5.32 Å². The fourth-order valence-corrected chi connectivity index (χ4v) is 2.63. The highest BCUT2D eigenvalue weighted by molar-refractivity contribution is 4.99. The zero-order valence-corrected chi connectivity index (χ0v) is 8.14. The SMILES string of the molecule is CC1NC[C@H]2CC[C@@H]1N2CC(F)(F)F. The summed E-state index contributed by atoms with van der Waals surface area (Å²) >= 11 is 0. The molecule has 2 nitrogen and oxygen atoms in total. The summed E-state index contributed by atoms with van der Waals surface area (Å²) < 4.78 is 36.8. The topological polar surface area (TPSA) is 15.3 Å². The quantitative estimate of drug-likeness (QED) is 0.700. The van der Waals surface area contributed by atoms with Crippen molar-refractivity contribution in [3.05, 3.63) is 0 Å². The van der Waals surface area contributed by atoms with Crippen LogP contribution in [0.2, 0.25) is 0 Å². The molecule has 5 heteroatoms. The molecule has 2 heterocycles. The normalized spacial score (nSPS) is 39.0. The number of alkyl halides is 3. The fraction of sp³-hybridized carbons (Fsp3) is 1.00. The minimum absolute atomic E-state index is 0.0791. The largest absolute Gasteiger partial charge is 0.401 e. The predicted molar refractivity (Wildman–Crippen MR) is 47.0 cm³/mol. The summed E-state index contributed by atoms with van der Waals surface area (Å²) in [6.07, 6.45) is -2.26. The molecule has 0 aromatic heterocycles. The Labute approximate surface area is 81.5 Å². The predicted octanol–water partition coefficient (Wildman–Crippen LogP) is 1.37. The van der Waals surface area contributed by atoms with Gasteiger partial charge in [0.2, 0.25) is 0 Å². The number of hydrogen-bond donors (Lipinski definition) is 1. The summed E-state index contributed by atoms with van der Waals surface area (Å²) in [6, 6.07) is 0.365. The molecule has 14 heavy (non-hydrogen) atoms. The van der Waals surface area contributed by atoms with Crippen molar-refractivity contribution in [2.45, 2.75) is 44.1 Å². The van der Waals surface area contributed by atoms with Crippen molar-refractivity contribution in [2.24, 2.45) is 0 Å². The molecular formula is C9H15F3N2. The second-order valence-corrected chi connectivity index (χ2v) is 4.28. The maximum absolute atomic E-state index is 12.3. The monoisotopic (exact) mass is 208 g/mol. The zero-order valence-electron chi connectivity index (χ0n) is 8.14. The van der Waals surface area contributed by atoms with Crippen LogP contribution in [0, 0.1) is 0 Å². The molecule has 1 unspecified atom stereocenters. The Morgan fingerprint density at radius 2 is 2.07 bits per heavy atom. The van der Waals surface area contributed by atoms with Crippen LogP contribution in [0.25, 0.3) is 0 Å². The standard InChI is InChI=1S/C9H15F3N2/c1-6-8-3-2-7(4-13-6)14(8)5-9(10,11)12/h6-8,13H,2-5H2,1H3/t6?,7-,8+/m1/s1. The van der Waals surface area contributed by atoms with Crippen molar-refractivity contribution >= 4 is 0 Å². The minimum Gasteiger partial charge on any atom is -0.311 e. The lowest BCUT2D eigenvalue weighted by Gasteiger charge is -2.39. The summed E-state index contributed by atoms with van der Waals surface area (Å²) in [5, 5.41) is 3.25. The zero-order chi connectivity index (χ0) is 10.3. The van der Waals surface area contributed by atoms with Crippen LogP contribution in [0.3, 0.4) is 0 Å². The van der Waals surface area contributed by atoms with Crippen molar-refractivity contribution in [1.82, 2.24) is 10.2 Å². The first-order chi connectivity index (χ1) is 6.47. The summed E-state index contributed by atoms with van der Waals surface area (Å²) in [6.45, 7) is 1.93. The molecule has 82 valence electrons. The van der Waals surface area contributed by atoms with Gasteiger partial charge in [-0.25, -0.2) is 0 Å². The van der Waals surface area contributed by atoms with Gasteiger partial charge in [0.15, 0.2) is 0 Å². The first-order valence-electron chi connectivity index (χ1n) is 5.03. The van der Waals surface area contributed by atoms with Gasteiger partial charge in [0.05, 0.1) is 6.54 Å². The van der Waals surface area contributed by atoms with Crippen molar-refractivity contribution in [3.63, 3.8) is 0 Å². The Hall–Kier alpha value is -0.290. The molecule has 2 fully saturated rings. The molecule has 0 radical (unpaired) electrons. The lowest BCUT2D eigenvalue weighted by molar-refractivity contribution is -0.155. The van der Waals surface area contributed by atoms with Gasteiger partial charge in [-0.3, -0.25) is 4.90 Å². The number of halogens is 3. The highest BCUT2D eigenvalue weighted by atomic mass is 19.4. The number of nitrogens with one attached hydrogen (secondary N) is 1. The van der Waals surface area contributed by atoms with E-state index in [9.17, 15) is 13.2 Å². The average Bonchev–Trinajstić information content (AvgIpc) is 2.29. The van der Waals surface area contributed by atoms with Gasteiger partial charge in [-0.1, -0.05) is 0 Å². The van der Waals surface area contributed by atoms with E-state index in [1.807, 2.05) is 6.92 Å². The van der Waals surface area contributed by atoms with Crippen molar-refractivity contribution < 1.29 is 13.2 Å². The number of hydrogen-bond acceptors (Lipinski definition) is 2. The molecule has 0 amide bonds. The van der Waals surface area contributed by atoms with Crippen LogP contribution in [0.5, 0.6) is 0 Å². The maximum atomic E-state index is 12.3. The molecule has 2 aliphatic rings. The molecule has 0 spiro atoms. The van der Waals surface area contributed by atoms with E-state index in [0.717, 1.165) is 12.8 Å². The van der Waals surface area contributed by atoms with E-state index >= 15 is 0 Å². The van der Waals surface area contributed by atoms with Gasteiger partial charge in [-0.15, -0.1) is 0 Å². The lowest BCUT2D eigenvalue weighted by Crippen LogP contribution is -2.58. The van der Waals surface area contributed by atoms with Gasteiger partial charge in [-0.2, -0.15) is 13.2 Å². The molecule has 0 aliphatic carbocycles. The molecular weight excluding hydrogens is 193 g/mol. The minimum atomic E-state index is -4.06. The molecule has 2 bridgehead atoms. The Kier molecular flexibility index (Phi) is 2.47. The molecule has 1 N–H and O–H groups in total. The van der Waals surface area contributed by atoms with Gasteiger partial charge in [0, 0.05) is 24.7 Å². The lowest BCUT2D eigenvalue weighted by atomic mass is 10.1. The molecule has 2 rings (SSSR count). The first-order valence-corrected chi connectivity index (χ1v) is 5.03. The molecule has 2 saturated heterocycles. The van der Waals surface area contributed by atoms with E-state index in [-0.39, 0.29) is 18.1 Å². The third-order valence-corrected chi connectivity index (χ3v) is 3.31. The number of rotatable bonds is 1. The molecule has 0 aromatic rings. The van der Waals surface area contributed by atoms with Crippen molar-refractivity contribution in [3.8, 4) is 0 Å². The summed E-state index contributed by atoms with van der Waals surface area (Å²) in [5.74, 6) is 0. The van der Waals surface area contributed by atoms with Gasteiger partial charge in [0.1, 0.15) is 0 Å². The Bertz CT molecular complexity index is 217. The molecule has 3 atom stereocenters. The second kappa shape index (κ2) is 3.38. The van der Waals surface area contributed by atoms with Crippen LogP contribution in [-0.2, 0) is 0 Å². The van der Waals surface area contributed by atoms with Crippen LogP contribution in [0.15, 0.2) is 0 Å². The van der Waals surface area contributed by atoms with Crippen molar-refractivity contribution in [1.29, 1.82) is 0 Å². The summed E-state index contributed by atoms with van der Waals surface area (Å²) in [4.78, 5) is 1.63. The Morgan fingerprint density at radius 1 is 1.36 bits per heavy atom. The molecule has 0 saturated carbocycles. The molecule has 2 aliphatic heterocycles. The summed E-state index contributed by atoms with van der Waals surface area (Å²) in [5.41, 5.74) is 0. The van der Waals surface area contributed by atoms with Crippen LogP contribution in [-0.4, -0.2) is 42.3 Å². The van der Waals surface area contributed by atoms with E-state index in [4.69, 9.17) is 0 Å². The van der Waals surface area contributed by atoms with E-state index in [2.05, 4.69) is 5.32 Å². The van der Waals surface area contributed by atoms with Crippen LogP contribution < -0.4 is 5.32 Å². The number of nitrogens with zero attached hydrogens (tertiary/aromatic N) is 1. The van der Waals surface area contributed by atoms with Gasteiger partial charge in [0.25, 0.3) is 0 Å². The fourth-order valence-electron chi connectivity index (χ4n) is 2.63. The Balaban J connectivity index is 2.05. The highest BCUT2D eigenvalue weighted by Crippen LogP contribution is 2.32. The van der Waals surface area contributed by atoms with E-state index in [1.165, 1.54) is 0 Å². The van der Waals surface area contributed by atoms with Crippen LogP contribution in [0.4, 0.5) is 13.2 Å². The second-order valence-electron chi connectivity index (χ2n) is 4.28. The van der Waals surface area contributed by atoms with Crippen LogP contribution in [0.1, 0.15) is 19.8 Å². The van der Waals surface area contributed by atoms with E-state index < -0.39 is 12.7 Å². The third kappa shape index (κ3) is 1.88. The van der Waals surface area contributed by atoms with Gasteiger partial charge >= 0.3 is 6.18 Å². The van der Waals surface area contributed by atoms with Gasteiger partial charge in [-0.05, 0) is 19.8 Å². The third-order valence-electron chi connectivity index (χ3n) is 3.31. The smallest absolute Gasteiger partial charge is 0.311 e. The highest BCUT2D eigenvalue weighted by Gasteiger charge is 2.45. The maximum Gasteiger partial charge on any atom is 0.401 e. The Morgan fingerprint density at radius 3 is 2.71 bits per heavy atom. The van der Waals surface area contributed by atoms with Crippen molar-refractivity contribution in [2.75, 3.05) is 13.1 Å². The van der Waals surface area contributed by atoms with E-state index in [1.54, 1.807) is 4.90 Å². The van der Waals surface area contributed by atoms with E-state index in [0.29, 0.717) is 6.54 Å². The average molecular weight is 208 g/mol. The molecule has 0 aromatic carbocycles. The first kappa shape index (κ1) is 10.2.